The van der Waals surface area contributed by atoms with Crippen LogP contribution in [0.15, 0.2) is 0 Å². The Bertz CT molecular complexity index is 277. The van der Waals surface area contributed by atoms with Crippen molar-refractivity contribution >= 4 is 11.9 Å². The molecule has 0 spiro atoms. The van der Waals surface area contributed by atoms with Gasteiger partial charge in [0.25, 0.3) is 0 Å². The summed E-state index contributed by atoms with van der Waals surface area (Å²) in [6.07, 6.45) is 0.604. The summed E-state index contributed by atoms with van der Waals surface area (Å²) in [7, 11) is 0. The van der Waals surface area contributed by atoms with E-state index < -0.39 is 18.3 Å². The molecule has 2 aliphatic rings. The van der Waals surface area contributed by atoms with E-state index in [0.29, 0.717) is 0 Å². The molecule has 2 heterocycles. The Morgan fingerprint density at radius 1 is 1.53 bits per heavy atom. The first-order valence-electron chi connectivity index (χ1n) is 6.08. The fraction of sp³-hybridized carbons (Fsp3) is 0.818. The minimum absolute atomic E-state index is 0.0413. The quantitative estimate of drug-likeness (QED) is 0.571. The van der Waals surface area contributed by atoms with Crippen molar-refractivity contribution in [3.8, 4) is 0 Å². The lowest BCUT2D eigenvalue weighted by atomic mass is 10.2. The van der Waals surface area contributed by atoms with E-state index in [9.17, 15) is 14.7 Å². The van der Waals surface area contributed by atoms with E-state index in [1.54, 1.807) is 0 Å². The van der Waals surface area contributed by atoms with Gasteiger partial charge in [0.15, 0.2) is 0 Å². The summed E-state index contributed by atoms with van der Waals surface area (Å²) in [4.78, 5) is 22.4. The molecule has 2 aliphatic heterocycles. The van der Waals surface area contributed by atoms with Crippen LogP contribution in [-0.2, 0) is 14.3 Å². The molecular formula is C11H20N2O4. The summed E-state index contributed by atoms with van der Waals surface area (Å²) < 4.78 is 4.52. The van der Waals surface area contributed by atoms with Gasteiger partial charge in [0.2, 0.25) is 12.2 Å². The molecule has 0 radical (unpaired) electrons. The number of cyclic esters (lactones) is 1. The van der Waals surface area contributed by atoms with Gasteiger partial charge >= 0.3 is 5.97 Å². The van der Waals surface area contributed by atoms with Crippen molar-refractivity contribution < 1.29 is 19.4 Å². The highest BCUT2D eigenvalue weighted by atomic mass is 16.6. The summed E-state index contributed by atoms with van der Waals surface area (Å²) in [6.45, 7) is 4.83. The zero-order valence-corrected chi connectivity index (χ0v) is 10.2. The maximum atomic E-state index is 11.6. The summed E-state index contributed by atoms with van der Waals surface area (Å²) in [5.41, 5.74) is 0. The molecule has 0 aliphatic carbocycles. The van der Waals surface area contributed by atoms with Gasteiger partial charge in [-0.1, -0.05) is 13.8 Å². The number of nitrogens with one attached hydrogen (secondary N) is 2. The van der Waals surface area contributed by atoms with Gasteiger partial charge in [0.05, 0.1) is 12.5 Å². The average Bonchev–Trinajstić information content (AvgIpc) is 2.92. The van der Waals surface area contributed by atoms with Crippen molar-refractivity contribution in [3.05, 3.63) is 0 Å². The fourth-order valence-electron chi connectivity index (χ4n) is 1.86. The summed E-state index contributed by atoms with van der Waals surface area (Å²) in [5, 5.41) is 14.9. The van der Waals surface area contributed by atoms with Gasteiger partial charge in [-0.2, -0.15) is 0 Å². The Hall–Kier alpha value is -1.14. The second kappa shape index (κ2) is 6.56. The summed E-state index contributed by atoms with van der Waals surface area (Å²) in [6, 6.07) is -0.805. The number of amides is 1. The highest BCUT2D eigenvalue weighted by Gasteiger charge is 2.36. The van der Waals surface area contributed by atoms with Crippen molar-refractivity contribution in [2.24, 2.45) is 0 Å². The number of esters is 1. The number of aliphatic hydroxyl groups is 1. The molecule has 0 aromatic heterocycles. The van der Waals surface area contributed by atoms with E-state index in [1.165, 1.54) is 0 Å². The third-order valence-corrected chi connectivity index (χ3v) is 2.69. The molecule has 2 saturated heterocycles. The van der Waals surface area contributed by atoms with Crippen LogP contribution in [0.4, 0.5) is 0 Å². The molecule has 0 bridgehead atoms. The zero-order chi connectivity index (χ0) is 12.8. The molecule has 0 aromatic carbocycles. The number of carbonyl (C=O) groups is 2. The van der Waals surface area contributed by atoms with E-state index in [1.807, 2.05) is 13.8 Å². The number of rotatable bonds is 2. The van der Waals surface area contributed by atoms with E-state index >= 15 is 0 Å². The molecule has 98 valence electrons. The molecule has 0 unspecified atom stereocenters. The minimum Gasteiger partial charge on any atom is -0.434 e. The molecule has 0 aromatic rings. The monoisotopic (exact) mass is 244 g/mol. The van der Waals surface area contributed by atoms with Crippen molar-refractivity contribution in [1.82, 2.24) is 10.6 Å². The van der Waals surface area contributed by atoms with Crippen LogP contribution in [0.5, 0.6) is 0 Å². The van der Waals surface area contributed by atoms with E-state index in [-0.39, 0.29) is 18.4 Å². The SMILES string of the molecule is CC.O=C1C[C@H](NC(=O)[C@@H]2CCCN2)[C@H](O)O1. The highest BCUT2D eigenvalue weighted by molar-refractivity contribution is 5.83. The highest BCUT2D eigenvalue weighted by Crippen LogP contribution is 2.13. The molecule has 3 atom stereocenters. The lowest BCUT2D eigenvalue weighted by molar-refractivity contribution is -0.155. The van der Waals surface area contributed by atoms with Crippen molar-refractivity contribution in [1.29, 1.82) is 0 Å². The van der Waals surface area contributed by atoms with Crippen molar-refractivity contribution in [2.45, 2.75) is 51.5 Å². The smallest absolute Gasteiger partial charge is 0.310 e. The number of ether oxygens (including phenoxy) is 1. The van der Waals surface area contributed by atoms with Crippen molar-refractivity contribution in [3.63, 3.8) is 0 Å². The van der Waals surface area contributed by atoms with Crippen LogP contribution in [0.1, 0.15) is 33.1 Å². The maximum Gasteiger partial charge on any atom is 0.310 e. The van der Waals surface area contributed by atoms with E-state index in [4.69, 9.17) is 0 Å². The van der Waals surface area contributed by atoms with Crippen LogP contribution in [0.3, 0.4) is 0 Å². The molecule has 1 amide bonds. The Balaban J connectivity index is 0.000000686. The number of hydrogen-bond donors (Lipinski definition) is 3. The molecule has 17 heavy (non-hydrogen) atoms. The lowest BCUT2D eigenvalue weighted by Crippen LogP contribution is -2.47. The van der Waals surface area contributed by atoms with Crippen LogP contribution >= 0.6 is 0 Å². The van der Waals surface area contributed by atoms with Gasteiger partial charge in [-0.3, -0.25) is 9.59 Å². The topological polar surface area (TPSA) is 87.7 Å². The Morgan fingerprint density at radius 3 is 2.71 bits per heavy atom. The fourth-order valence-corrected chi connectivity index (χ4v) is 1.86. The molecule has 6 nitrogen and oxygen atoms in total. The first-order chi connectivity index (χ1) is 8.16. The first-order valence-corrected chi connectivity index (χ1v) is 6.08. The predicted octanol–water partition coefficient (Wildman–Crippen LogP) is -0.485. The van der Waals surface area contributed by atoms with Crippen LogP contribution in [0.25, 0.3) is 0 Å². The molecule has 6 heteroatoms. The van der Waals surface area contributed by atoms with Gasteiger partial charge < -0.3 is 20.5 Å². The second-order valence-corrected chi connectivity index (χ2v) is 3.85. The third-order valence-electron chi connectivity index (χ3n) is 2.69. The molecule has 2 rings (SSSR count). The molecule has 2 fully saturated rings. The largest absolute Gasteiger partial charge is 0.434 e. The van der Waals surface area contributed by atoms with Gasteiger partial charge in [-0.15, -0.1) is 0 Å². The van der Waals surface area contributed by atoms with Crippen LogP contribution < -0.4 is 10.6 Å². The summed E-state index contributed by atoms with van der Waals surface area (Å²) in [5.74, 6) is -0.651. The molecule has 3 N–H and O–H groups in total. The average molecular weight is 244 g/mol. The Morgan fingerprint density at radius 2 is 2.24 bits per heavy atom. The van der Waals surface area contributed by atoms with Gasteiger partial charge in [-0.05, 0) is 19.4 Å². The van der Waals surface area contributed by atoms with Crippen LogP contribution in [0, 0.1) is 0 Å². The van der Waals surface area contributed by atoms with E-state index in [2.05, 4.69) is 15.4 Å². The number of hydrogen-bond acceptors (Lipinski definition) is 5. The molecular weight excluding hydrogens is 224 g/mol. The van der Waals surface area contributed by atoms with Gasteiger partial charge in [0.1, 0.15) is 6.04 Å². The third kappa shape index (κ3) is 3.67. The minimum atomic E-state index is -1.21. The second-order valence-electron chi connectivity index (χ2n) is 3.85. The van der Waals surface area contributed by atoms with Crippen LogP contribution in [0.2, 0.25) is 0 Å². The summed E-state index contributed by atoms with van der Waals surface area (Å²) >= 11 is 0. The molecule has 0 saturated carbocycles. The Labute approximate surface area is 101 Å². The maximum absolute atomic E-state index is 11.6. The van der Waals surface area contributed by atoms with Gasteiger partial charge in [0, 0.05) is 0 Å². The van der Waals surface area contributed by atoms with Crippen molar-refractivity contribution in [2.75, 3.05) is 6.54 Å². The predicted molar refractivity (Wildman–Crippen MR) is 61.0 cm³/mol. The van der Waals surface area contributed by atoms with Gasteiger partial charge in [-0.25, -0.2) is 0 Å². The Kier molecular flexibility index (Phi) is 5.37. The first kappa shape index (κ1) is 13.9. The number of aliphatic hydroxyl groups excluding tert-OH is 1. The lowest BCUT2D eigenvalue weighted by Gasteiger charge is -2.16. The van der Waals surface area contributed by atoms with E-state index in [0.717, 1.165) is 19.4 Å². The number of carbonyl (C=O) groups excluding carboxylic acids is 2. The zero-order valence-electron chi connectivity index (χ0n) is 10.2. The standard InChI is InChI=1S/C9H14N2O4.C2H6/c12-7-4-6(9(14)15-7)11-8(13)5-2-1-3-10-5;1-2/h5-6,9-10,14H,1-4H2,(H,11,13);1-2H3/t5-,6-,9+;/m0./s1. The van der Waals surface area contributed by atoms with Crippen LogP contribution in [-0.4, -0.2) is 41.9 Å². The normalized spacial score (nSPS) is 31.5.